The Bertz CT molecular complexity index is 340. The average Bonchev–Trinajstić information content (AvgIpc) is 2.15. The highest BCUT2D eigenvalue weighted by Gasteiger charge is 2.21. The molecule has 1 atom stereocenters. The molecule has 1 aromatic carbocycles. The zero-order valence-corrected chi connectivity index (χ0v) is 9.62. The van der Waals surface area contributed by atoms with Crippen molar-refractivity contribution >= 4 is 0 Å². The summed E-state index contributed by atoms with van der Waals surface area (Å²) in [6.45, 7) is 5.26. The summed E-state index contributed by atoms with van der Waals surface area (Å²) in [4.78, 5) is 0. The minimum Gasteiger partial charge on any atom is -0.496 e. The molecule has 2 heteroatoms. The van der Waals surface area contributed by atoms with Crippen LogP contribution in [-0.4, -0.2) is 13.7 Å². The van der Waals surface area contributed by atoms with E-state index in [2.05, 4.69) is 26.0 Å². The van der Waals surface area contributed by atoms with E-state index in [0.717, 1.165) is 18.8 Å². The van der Waals surface area contributed by atoms with E-state index in [4.69, 9.17) is 9.47 Å². The summed E-state index contributed by atoms with van der Waals surface area (Å²) in [5.41, 5.74) is 2.55. The Morgan fingerprint density at radius 2 is 2.13 bits per heavy atom. The molecular formula is C13H18O2. The van der Waals surface area contributed by atoms with Gasteiger partial charge in [0.1, 0.15) is 5.75 Å². The van der Waals surface area contributed by atoms with Gasteiger partial charge in [-0.3, -0.25) is 0 Å². The van der Waals surface area contributed by atoms with Crippen LogP contribution in [0.3, 0.4) is 0 Å². The zero-order valence-electron chi connectivity index (χ0n) is 9.62. The monoisotopic (exact) mass is 206 g/mol. The van der Waals surface area contributed by atoms with E-state index in [0.29, 0.717) is 12.0 Å². The molecule has 0 saturated carbocycles. The van der Waals surface area contributed by atoms with Gasteiger partial charge in [0.05, 0.1) is 19.8 Å². The molecular weight excluding hydrogens is 188 g/mol. The first kappa shape index (κ1) is 10.5. The van der Waals surface area contributed by atoms with Crippen LogP contribution in [0.25, 0.3) is 0 Å². The summed E-state index contributed by atoms with van der Waals surface area (Å²) in [7, 11) is 1.72. The van der Waals surface area contributed by atoms with Crippen molar-refractivity contribution in [2.45, 2.75) is 32.3 Å². The van der Waals surface area contributed by atoms with Crippen molar-refractivity contribution in [3.63, 3.8) is 0 Å². The predicted octanol–water partition coefficient (Wildman–Crippen LogP) is 3.28. The average molecular weight is 206 g/mol. The summed E-state index contributed by atoms with van der Waals surface area (Å²) >= 11 is 0. The Kier molecular flexibility index (Phi) is 2.96. The summed E-state index contributed by atoms with van der Waals surface area (Å²) in [6, 6.07) is 6.37. The normalized spacial score (nSPS) is 20.1. The van der Waals surface area contributed by atoms with Crippen LogP contribution in [0, 0.1) is 0 Å². The summed E-state index contributed by atoms with van der Waals surface area (Å²) in [6.07, 6.45) is 1.46. The highest BCUT2D eigenvalue weighted by molar-refractivity contribution is 5.40. The van der Waals surface area contributed by atoms with Gasteiger partial charge in [-0.2, -0.15) is 0 Å². The highest BCUT2D eigenvalue weighted by atomic mass is 16.5. The van der Waals surface area contributed by atoms with Crippen LogP contribution < -0.4 is 4.74 Å². The van der Waals surface area contributed by atoms with E-state index >= 15 is 0 Å². The minimum atomic E-state index is 0.313. The minimum absolute atomic E-state index is 0.313. The molecule has 1 fully saturated rings. The molecule has 0 amide bonds. The molecule has 82 valence electrons. The Balaban J connectivity index is 2.31. The fourth-order valence-corrected chi connectivity index (χ4v) is 1.90. The van der Waals surface area contributed by atoms with Crippen LogP contribution in [0.2, 0.25) is 0 Å². The topological polar surface area (TPSA) is 18.5 Å². The first-order valence-corrected chi connectivity index (χ1v) is 5.52. The third-order valence-electron chi connectivity index (χ3n) is 2.95. The molecule has 2 rings (SSSR count). The molecule has 0 aromatic heterocycles. The van der Waals surface area contributed by atoms with Crippen molar-refractivity contribution in [3.8, 4) is 5.75 Å². The van der Waals surface area contributed by atoms with Gasteiger partial charge in [0, 0.05) is 6.42 Å². The van der Waals surface area contributed by atoms with E-state index < -0.39 is 0 Å². The molecule has 1 heterocycles. The molecule has 2 nitrogen and oxygen atoms in total. The number of methoxy groups -OCH3 is 1. The molecule has 0 spiro atoms. The Labute approximate surface area is 91.2 Å². The second-order valence-corrected chi connectivity index (χ2v) is 4.30. The lowest BCUT2D eigenvalue weighted by molar-refractivity contribution is -0.0527. The zero-order chi connectivity index (χ0) is 10.8. The van der Waals surface area contributed by atoms with Gasteiger partial charge in [-0.05, 0) is 29.2 Å². The summed E-state index contributed by atoms with van der Waals surface area (Å²) < 4.78 is 10.8. The third kappa shape index (κ3) is 2.00. The van der Waals surface area contributed by atoms with Crippen LogP contribution in [0.4, 0.5) is 0 Å². The predicted molar refractivity (Wildman–Crippen MR) is 60.4 cm³/mol. The molecule has 1 aliphatic heterocycles. The van der Waals surface area contributed by atoms with Crippen molar-refractivity contribution in [1.82, 2.24) is 0 Å². The number of ether oxygens (including phenoxy) is 2. The van der Waals surface area contributed by atoms with Crippen LogP contribution in [0.5, 0.6) is 5.75 Å². The second-order valence-electron chi connectivity index (χ2n) is 4.30. The van der Waals surface area contributed by atoms with E-state index in [-0.39, 0.29) is 0 Å². The Hall–Kier alpha value is -1.02. The van der Waals surface area contributed by atoms with E-state index in [1.165, 1.54) is 11.1 Å². The summed E-state index contributed by atoms with van der Waals surface area (Å²) in [5, 5.41) is 0. The first-order valence-electron chi connectivity index (χ1n) is 5.52. The second kappa shape index (κ2) is 4.23. The van der Waals surface area contributed by atoms with Crippen molar-refractivity contribution in [1.29, 1.82) is 0 Å². The molecule has 1 aromatic rings. The number of hydrogen-bond donors (Lipinski definition) is 0. The number of rotatable bonds is 3. The maximum atomic E-state index is 5.48. The third-order valence-corrected chi connectivity index (χ3v) is 2.95. The quantitative estimate of drug-likeness (QED) is 0.755. The van der Waals surface area contributed by atoms with Crippen molar-refractivity contribution in [2.75, 3.05) is 13.7 Å². The maximum absolute atomic E-state index is 5.48. The highest BCUT2D eigenvalue weighted by Crippen LogP contribution is 2.34. The number of hydrogen-bond acceptors (Lipinski definition) is 2. The first-order chi connectivity index (χ1) is 7.22. The van der Waals surface area contributed by atoms with Crippen LogP contribution in [0.1, 0.15) is 43.4 Å². The standard InChI is InChI=1S/C13H18O2/c1-9(2)11-8-10(12-6-7-15-12)4-5-13(11)14-3/h4-5,8-9,12H,6-7H2,1-3H3. The van der Waals surface area contributed by atoms with E-state index in [1.54, 1.807) is 7.11 Å². The largest absolute Gasteiger partial charge is 0.496 e. The fourth-order valence-electron chi connectivity index (χ4n) is 1.90. The molecule has 0 N–H and O–H groups in total. The molecule has 15 heavy (non-hydrogen) atoms. The van der Waals surface area contributed by atoms with Gasteiger partial charge in [0.15, 0.2) is 0 Å². The van der Waals surface area contributed by atoms with Gasteiger partial charge in [-0.1, -0.05) is 19.9 Å². The van der Waals surface area contributed by atoms with Crippen molar-refractivity contribution in [3.05, 3.63) is 29.3 Å². The lowest BCUT2D eigenvalue weighted by Crippen LogP contribution is -2.18. The molecule has 0 radical (unpaired) electrons. The molecule has 1 unspecified atom stereocenters. The van der Waals surface area contributed by atoms with Gasteiger partial charge >= 0.3 is 0 Å². The van der Waals surface area contributed by atoms with Gasteiger partial charge < -0.3 is 9.47 Å². The maximum Gasteiger partial charge on any atom is 0.122 e. The van der Waals surface area contributed by atoms with Crippen LogP contribution in [0.15, 0.2) is 18.2 Å². The molecule has 0 aliphatic carbocycles. The van der Waals surface area contributed by atoms with Crippen molar-refractivity contribution in [2.24, 2.45) is 0 Å². The molecule has 1 saturated heterocycles. The van der Waals surface area contributed by atoms with Crippen LogP contribution >= 0.6 is 0 Å². The Morgan fingerprint density at radius 1 is 1.40 bits per heavy atom. The molecule has 0 bridgehead atoms. The van der Waals surface area contributed by atoms with Gasteiger partial charge in [0.25, 0.3) is 0 Å². The number of benzene rings is 1. The lowest BCUT2D eigenvalue weighted by atomic mass is 9.95. The Morgan fingerprint density at radius 3 is 2.60 bits per heavy atom. The molecule has 1 aliphatic rings. The smallest absolute Gasteiger partial charge is 0.122 e. The summed E-state index contributed by atoms with van der Waals surface area (Å²) in [5.74, 6) is 1.47. The van der Waals surface area contributed by atoms with Crippen LogP contribution in [-0.2, 0) is 4.74 Å². The van der Waals surface area contributed by atoms with Gasteiger partial charge in [-0.15, -0.1) is 0 Å². The van der Waals surface area contributed by atoms with E-state index in [1.807, 2.05) is 6.07 Å². The van der Waals surface area contributed by atoms with Gasteiger partial charge in [0.2, 0.25) is 0 Å². The SMILES string of the molecule is COc1ccc(C2CCO2)cc1C(C)C. The van der Waals surface area contributed by atoms with Gasteiger partial charge in [-0.25, -0.2) is 0 Å². The van der Waals surface area contributed by atoms with E-state index in [9.17, 15) is 0 Å². The lowest BCUT2D eigenvalue weighted by Gasteiger charge is -2.27. The van der Waals surface area contributed by atoms with Crippen molar-refractivity contribution < 1.29 is 9.47 Å². The fraction of sp³-hybridized carbons (Fsp3) is 0.538.